The summed E-state index contributed by atoms with van der Waals surface area (Å²) in [6, 6.07) is 14.9. The molecular weight excluding hydrogens is 542 g/mol. The van der Waals surface area contributed by atoms with Crippen LogP contribution in [0.5, 0.6) is 17.2 Å². The normalized spacial score (nSPS) is 15.2. The Morgan fingerprint density at radius 2 is 1.46 bits per heavy atom. The van der Waals surface area contributed by atoms with Crippen LogP contribution >= 0.6 is 0 Å². The van der Waals surface area contributed by atoms with E-state index < -0.39 is 16.1 Å². The van der Waals surface area contributed by atoms with E-state index in [1.54, 1.807) is 40.7 Å². The monoisotopic (exact) mass is 581 g/mol. The van der Waals surface area contributed by atoms with Crippen LogP contribution in [0, 0.1) is 19.8 Å². The molecule has 4 rings (SSSR count). The number of methoxy groups -OCH3 is 3. The first-order valence-electron chi connectivity index (χ1n) is 13.6. The summed E-state index contributed by atoms with van der Waals surface area (Å²) in [7, 11) is 0.954. The summed E-state index contributed by atoms with van der Waals surface area (Å²) in [6.07, 6.45) is 1.70. The van der Waals surface area contributed by atoms with Crippen molar-refractivity contribution >= 4 is 27.3 Å². The van der Waals surface area contributed by atoms with Crippen LogP contribution in [0.3, 0.4) is 0 Å². The Morgan fingerprint density at radius 3 is 1.98 bits per heavy atom. The number of piperidine rings is 1. The van der Waals surface area contributed by atoms with Crippen molar-refractivity contribution in [3.05, 3.63) is 71.3 Å². The number of nitrogens with zero attached hydrogens (tertiary/aromatic N) is 1. The van der Waals surface area contributed by atoms with Crippen LogP contribution < -0.4 is 24.8 Å². The molecule has 1 saturated heterocycles. The van der Waals surface area contributed by atoms with Gasteiger partial charge < -0.3 is 24.8 Å². The first-order valence-corrected chi connectivity index (χ1v) is 15.1. The van der Waals surface area contributed by atoms with E-state index in [0.29, 0.717) is 47.5 Å². The molecule has 9 nitrogen and oxygen atoms in total. The summed E-state index contributed by atoms with van der Waals surface area (Å²) < 4.78 is 44.5. The fourth-order valence-corrected chi connectivity index (χ4v) is 6.51. The Bertz CT molecular complexity index is 1440. The second-order valence-electron chi connectivity index (χ2n) is 10.4. The number of carbonyl (C=O) groups is 1. The first-order chi connectivity index (χ1) is 19.6. The van der Waals surface area contributed by atoms with E-state index >= 15 is 0 Å². The molecule has 0 spiro atoms. The average molecular weight is 582 g/mol. The third kappa shape index (κ3) is 6.60. The number of sulfonamides is 1. The van der Waals surface area contributed by atoms with Crippen molar-refractivity contribution in [1.29, 1.82) is 0 Å². The number of para-hydroxylation sites is 1. The number of hydrogen-bond donors (Lipinski definition) is 2. The highest BCUT2D eigenvalue weighted by Crippen LogP contribution is 2.40. The minimum atomic E-state index is -3.60. The van der Waals surface area contributed by atoms with Gasteiger partial charge in [0, 0.05) is 24.5 Å². The van der Waals surface area contributed by atoms with E-state index in [-0.39, 0.29) is 10.8 Å². The lowest BCUT2D eigenvalue weighted by molar-refractivity contribution is -0.117. The van der Waals surface area contributed by atoms with Gasteiger partial charge in [-0.3, -0.25) is 4.79 Å². The van der Waals surface area contributed by atoms with E-state index in [1.807, 2.05) is 32.0 Å². The summed E-state index contributed by atoms with van der Waals surface area (Å²) in [4.78, 5) is 14.1. The Balaban J connectivity index is 1.68. The molecule has 0 bridgehead atoms. The van der Waals surface area contributed by atoms with E-state index in [0.717, 1.165) is 29.7 Å². The molecule has 1 atom stereocenters. The van der Waals surface area contributed by atoms with Crippen LogP contribution in [0.15, 0.2) is 59.5 Å². The predicted molar refractivity (Wildman–Crippen MR) is 161 cm³/mol. The largest absolute Gasteiger partial charge is 0.493 e. The van der Waals surface area contributed by atoms with Crippen molar-refractivity contribution in [2.75, 3.05) is 45.1 Å². The maximum Gasteiger partial charge on any atom is 0.251 e. The fraction of sp³-hybridized carbons (Fsp3) is 0.387. The van der Waals surface area contributed by atoms with Crippen LogP contribution in [0.2, 0.25) is 0 Å². The molecule has 0 radical (unpaired) electrons. The van der Waals surface area contributed by atoms with Crippen molar-refractivity contribution in [3.8, 4) is 17.2 Å². The molecule has 220 valence electrons. The first kappa shape index (κ1) is 30.2. The predicted octanol–water partition coefficient (Wildman–Crippen LogP) is 5.54. The molecule has 1 fully saturated rings. The van der Waals surface area contributed by atoms with Crippen LogP contribution in [-0.4, -0.2) is 53.0 Å². The maximum atomic E-state index is 13.8. The minimum Gasteiger partial charge on any atom is -0.493 e. The SMILES string of the molecule is COc1cc(C(Nc2ccc(S(=O)(=O)N3CCC(C)CC3)cc2)C(=O)Nc2c(C)cccc2C)cc(OC)c1OC. The van der Waals surface area contributed by atoms with Crippen LogP contribution in [0.1, 0.15) is 42.5 Å². The van der Waals surface area contributed by atoms with Gasteiger partial charge in [0.2, 0.25) is 15.8 Å². The Kier molecular flexibility index (Phi) is 9.45. The van der Waals surface area contributed by atoms with Crippen molar-refractivity contribution in [1.82, 2.24) is 4.31 Å². The van der Waals surface area contributed by atoms with Gasteiger partial charge in [-0.2, -0.15) is 4.31 Å². The molecule has 1 heterocycles. The number of hydrogen-bond acceptors (Lipinski definition) is 7. The number of anilines is 2. The summed E-state index contributed by atoms with van der Waals surface area (Å²) in [5.74, 6) is 1.44. The zero-order valence-electron chi connectivity index (χ0n) is 24.5. The standard InChI is InChI=1S/C31H39N3O6S/c1-20-14-16-34(17-15-20)41(36,37)25-12-10-24(11-13-25)32-29(31(35)33-28-21(2)8-7-9-22(28)3)23-18-26(38-4)30(40-6)27(19-23)39-5/h7-13,18-20,29,32H,14-17H2,1-6H3,(H,33,35). The second-order valence-corrected chi connectivity index (χ2v) is 12.3. The molecule has 1 amide bonds. The molecule has 1 aliphatic heterocycles. The van der Waals surface area contributed by atoms with Gasteiger partial charge >= 0.3 is 0 Å². The highest BCUT2D eigenvalue weighted by atomic mass is 32.2. The fourth-order valence-electron chi connectivity index (χ4n) is 5.04. The molecule has 2 N–H and O–H groups in total. The lowest BCUT2D eigenvalue weighted by Gasteiger charge is -2.29. The Labute approximate surface area is 242 Å². The third-order valence-electron chi connectivity index (χ3n) is 7.56. The number of aryl methyl sites for hydroxylation is 2. The van der Waals surface area contributed by atoms with Gasteiger partial charge in [0.25, 0.3) is 5.91 Å². The summed E-state index contributed by atoms with van der Waals surface area (Å²) >= 11 is 0. The minimum absolute atomic E-state index is 0.224. The summed E-state index contributed by atoms with van der Waals surface area (Å²) in [6.45, 7) is 7.06. The summed E-state index contributed by atoms with van der Waals surface area (Å²) in [5, 5.41) is 6.35. The van der Waals surface area contributed by atoms with Gasteiger partial charge in [0.05, 0.1) is 26.2 Å². The smallest absolute Gasteiger partial charge is 0.251 e. The Morgan fingerprint density at radius 1 is 0.902 bits per heavy atom. The van der Waals surface area contributed by atoms with E-state index in [1.165, 1.54) is 21.3 Å². The van der Waals surface area contributed by atoms with Gasteiger partial charge in [-0.25, -0.2) is 8.42 Å². The highest BCUT2D eigenvalue weighted by molar-refractivity contribution is 7.89. The van der Waals surface area contributed by atoms with Crippen LogP contribution in [0.25, 0.3) is 0 Å². The number of amides is 1. The van der Waals surface area contributed by atoms with Crippen LogP contribution in [0.4, 0.5) is 11.4 Å². The molecule has 41 heavy (non-hydrogen) atoms. The lowest BCUT2D eigenvalue weighted by Crippen LogP contribution is -2.37. The highest BCUT2D eigenvalue weighted by Gasteiger charge is 2.29. The number of carbonyl (C=O) groups excluding carboxylic acids is 1. The van der Waals surface area contributed by atoms with Gasteiger partial charge in [0.15, 0.2) is 11.5 Å². The van der Waals surface area contributed by atoms with Crippen molar-refractivity contribution in [2.24, 2.45) is 5.92 Å². The second kappa shape index (κ2) is 12.8. The topological polar surface area (TPSA) is 106 Å². The lowest BCUT2D eigenvalue weighted by atomic mass is 10.0. The molecule has 1 unspecified atom stereocenters. The molecule has 0 aliphatic carbocycles. The molecular formula is C31H39N3O6S. The van der Waals surface area contributed by atoms with Crippen molar-refractivity contribution < 1.29 is 27.4 Å². The van der Waals surface area contributed by atoms with Gasteiger partial charge in [0.1, 0.15) is 6.04 Å². The summed E-state index contributed by atoms with van der Waals surface area (Å²) in [5.41, 5.74) is 3.75. The van der Waals surface area contributed by atoms with E-state index in [9.17, 15) is 13.2 Å². The maximum absolute atomic E-state index is 13.8. The quantitative estimate of drug-likeness (QED) is 0.324. The van der Waals surface area contributed by atoms with Crippen LogP contribution in [-0.2, 0) is 14.8 Å². The van der Waals surface area contributed by atoms with Gasteiger partial charge in [-0.1, -0.05) is 25.1 Å². The third-order valence-corrected chi connectivity index (χ3v) is 9.47. The van der Waals surface area contributed by atoms with Crippen molar-refractivity contribution in [2.45, 2.75) is 44.6 Å². The molecule has 1 aliphatic rings. The molecule has 0 saturated carbocycles. The van der Waals surface area contributed by atoms with E-state index in [4.69, 9.17) is 14.2 Å². The molecule has 10 heteroatoms. The number of nitrogens with one attached hydrogen (secondary N) is 2. The Hall–Kier alpha value is -3.76. The molecule has 0 aromatic heterocycles. The number of ether oxygens (including phenoxy) is 3. The number of benzene rings is 3. The van der Waals surface area contributed by atoms with Gasteiger partial charge in [-0.05, 0) is 85.7 Å². The van der Waals surface area contributed by atoms with Crippen molar-refractivity contribution in [3.63, 3.8) is 0 Å². The molecule has 3 aromatic rings. The average Bonchev–Trinajstić information content (AvgIpc) is 2.97. The van der Waals surface area contributed by atoms with E-state index in [2.05, 4.69) is 17.6 Å². The zero-order valence-corrected chi connectivity index (χ0v) is 25.3. The number of rotatable bonds is 10. The molecule has 3 aromatic carbocycles. The zero-order chi connectivity index (χ0) is 29.7. The van der Waals surface area contributed by atoms with Gasteiger partial charge in [-0.15, -0.1) is 0 Å².